The second kappa shape index (κ2) is 5.48. The summed E-state index contributed by atoms with van der Waals surface area (Å²) in [5.41, 5.74) is 0.886. The number of anilines is 1. The van der Waals surface area contributed by atoms with E-state index in [2.05, 4.69) is 5.32 Å². The minimum atomic E-state index is -1.10. The van der Waals surface area contributed by atoms with Crippen LogP contribution in [-0.2, 0) is 4.79 Å². The van der Waals surface area contributed by atoms with Crippen molar-refractivity contribution in [2.75, 3.05) is 5.32 Å². The predicted octanol–water partition coefficient (Wildman–Crippen LogP) is 3.20. The lowest BCUT2D eigenvalue weighted by Gasteiger charge is -2.16. The van der Waals surface area contributed by atoms with Crippen molar-refractivity contribution in [1.82, 2.24) is 0 Å². The minimum Gasteiger partial charge on any atom is -0.479 e. The fourth-order valence-corrected chi connectivity index (χ4v) is 1.66. The molecule has 1 atom stereocenters. The first-order valence-electron chi connectivity index (χ1n) is 5.56. The highest BCUT2D eigenvalue weighted by Gasteiger charge is 2.19. The van der Waals surface area contributed by atoms with Crippen molar-refractivity contribution in [2.45, 2.75) is 6.04 Å². The summed E-state index contributed by atoms with van der Waals surface area (Å²) in [6.07, 6.45) is 0. The van der Waals surface area contributed by atoms with Crippen LogP contribution >= 0.6 is 0 Å². The van der Waals surface area contributed by atoms with E-state index >= 15 is 0 Å². The molecule has 0 aliphatic carbocycles. The summed E-state index contributed by atoms with van der Waals surface area (Å²) in [4.78, 5) is 11.2. The average molecular weight is 263 g/mol. The molecule has 0 amide bonds. The monoisotopic (exact) mass is 263 g/mol. The van der Waals surface area contributed by atoms with E-state index in [1.165, 1.54) is 48.5 Å². The van der Waals surface area contributed by atoms with Crippen molar-refractivity contribution >= 4 is 11.7 Å². The Morgan fingerprint density at radius 1 is 0.947 bits per heavy atom. The zero-order valence-electron chi connectivity index (χ0n) is 9.81. The first-order valence-corrected chi connectivity index (χ1v) is 5.56. The molecule has 0 aliphatic rings. The van der Waals surface area contributed by atoms with Gasteiger partial charge in [0.25, 0.3) is 0 Å². The number of carboxylic acids is 1. The van der Waals surface area contributed by atoms with Gasteiger partial charge in [-0.15, -0.1) is 0 Å². The number of halogens is 2. The summed E-state index contributed by atoms with van der Waals surface area (Å²) in [6.45, 7) is 0. The van der Waals surface area contributed by atoms with Gasteiger partial charge in [0.1, 0.15) is 11.6 Å². The molecule has 0 saturated heterocycles. The van der Waals surface area contributed by atoms with Crippen LogP contribution in [0.4, 0.5) is 14.5 Å². The highest BCUT2D eigenvalue weighted by molar-refractivity contribution is 5.79. The van der Waals surface area contributed by atoms with Crippen molar-refractivity contribution in [3.05, 3.63) is 65.7 Å². The van der Waals surface area contributed by atoms with Gasteiger partial charge in [0.15, 0.2) is 6.04 Å². The normalized spacial score (nSPS) is 11.9. The topological polar surface area (TPSA) is 49.3 Å². The Labute approximate surface area is 108 Å². The molecule has 0 heterocycles. The van der Waals surface area contributed by atoms with Crippen molar-refractivity contribution in [1.29, 1.82) is 0 Å². The standard InChI is InChI=1S/C14H11F2NO2/c15-10-3-1-9(2-4-10)13(14(18)19)17-12-7-5-11(16)6-8-12/h1-8,13,17H,(H,18,19). The van der Waals surface area contributed by atoms with Crippen LogP contribution in [0.25, 0.3) is 0 Å². The Morgan fingerprint density at radius 2 is 1.42 bits per heavy atom. The molecule has 0 spiro atoms. The van der Waals surface area contributed by atoms with Crippen molar-refractivity contribution in [2.24, 2.45) is 0 Å². The third-order valence-electron chi connectivity index (χ3n) is 2.61. The highest BCUT2D eigenvalue weighted by atomic mass is 19.1. The van der Waals surface area contributed by atoms with E-state index in [9.17, 15) is 18.7 Å². The van der Waals surface area contributed by atoms with Crippen molar-refractivity contribution in [3.8, 4) is 0 Å². The zero-order chi connectivity index (χ0) is 13.8. The summed E-state index contributed by atoms with van der Waals surface area (Å²) in [6, 6.07) is 9.48. The summed E-state index contributed by atoms with van der Waals surface area (Å²) >= 11 is 0. The highest BCUT2D eigenvalue weighted by Crippen LogP contribution is 2.20. The van der Waals surface area contributed by atoms with E-state index in [1.807, 2.05) is 0 Å². The van der Waals surface area contributed by atoms with E-state index in [4.69, 9.17) is 0 Å². The van der Waals surface area contributed by atoms with Gasteiger partial charge < -0.3 is 10.4 Å². The smallest absolute Gasteiger partial charge is 0.330 e. The summed E-state index contributed by atoms with van der Waals surface area (Å²) in [7, 11) is 0. The number of rotatable bonds is 4. The van der Waals surface area contributed by atoms with Crippen molar-refractivity contribution in [3.63, 3.8) is 0 Å². The van der Waals surface area contributed by atoms with Crippen LogP contribution in [-0.4, -0.2) is 11.1 Å². The molecule has 0 aromatic heterocycles. The summed E-state index contributed by atoms with van der Waals surface area (Å²) in [5.74, 6) is -1.94. The van der Waals surface area contributed by atoms with Crippen molar-refractivity contribution < 1.29 is 18.7 Å². The lowest BCUT2D eigenvalue weighted by atomic mass is 10.1. The molecule has 0 radical (unpaired) electrons. The van der Waals surface area contributed by atoms with Crippen LogP contribution < -0.4 is 5.32 Å². The fraction of sp³-hybridized carbons (Fsp3) is 0.0714. The average Bonchev–Trinajstić information content (AvgIpc) is 2.39. The molecule has 0 aliphatic heterocycles. The summed E-state index contributed by atoms with van der Waals surface area (Å²) in [5, 5.41) is 11.9. The number of nitrogens with one attached hydrogen (secondary N) is 1. The van der Waals surface area contributed by atoms with Gasteiger partial charge in [-0.05, 0) is 42.0 Å². The largest absolute Gasteiger partial charge is 0.479 e. The molecule has 2 aromatic carbocycles. The molecule has 3 nitrogen and oxygen atoms in total. The lowest BCUT2D eigenvalue weighted by molar-refractivity contribution is -0.138. The van der Waals surface area contributed by atoms with Gasteiger partial charge >= 0.3 is 5.97 Å². The Hall–Kier alpha value is -2.43. The Morgan fingerprint density at radius 3 is 1.89 bits per heavy atom. The van der Waals surface area contributed by atoms with Gasteiger partial charge in [-0.3, -0.25) is 0 Å². The van der Waals surface area contributed by atoms with E-state index in [1.54, 1.807) is 0 Å². The molecule has 0 saturated carbocycles. The molecule has 2 aromatic rings. The minimum absolute atomic E-state index is 0.404. The van der Waals surface area contributed by atoms with E-state index in [0.717, 1.165) is 0 Å². The molecule has 0 fully saturated rings. The van der Waals surface area contributed by atoms with Crippen LogP contribution in [0.3, 0.4) is 0 Å². The number of carbonyl (C=O) groups is 1. The third kappa shape index (κ3) is 3.28. The van der Waals surface area contributed by atoms with Gasteiger partial charge in [0.2, 0.25) is 0 Å². The zero-order valence-corrected chi connectivity index (χ0v) is 9.81. The Bertz CT molecular complexity index is 567. The predicted molar refractivity (Wildman–Crippen MR) is 66.8 cm³/mol. The third-order valence-corrected chi connectivity index (χ3v) is 2.61. The van der Waals surface area contributed by atoms with Crippen LogP contribution in [0, 0.1) is 11.6 Å². The quantitative estimate of drug-likeness (QED) is 0.890. The molecular formula is C14H11F2NO2. The van der Waals surface area contributed by atoms with Crippen LogP contribution in [0.1, 0.15) is 11.6 Å². The number of hydrogen-bond donors (Lipinski definition) is 2. The Kier molecular flexibility index (Phi) is 3.75. The van der Waals surface area contributed by atoms with Gasteiger partial charge in [-0.25, -0.2) is 13.6 Å². The maximum atomic E-state index is 12.8. The first-order chi connectivity index (χ1) is 9.06. The van der Waals surface area contributed by atoms with Crippen LogP contribution in [0.5, 0.6) is 0 Å². The maximum absolute atomic E-state index is 12.8. The summed E-state index contributed by atoms with van der Waals surface area (Å²) < 4.78 is 25.6. The van der Waals surface area contributed by atoms with E-state index < -0.39 is 23.6 Å². The molecule has 0 bridgehead atoms. The molecule has 5 heteroatoms. The van der Waals surface area contributed by atoms with Gasteiger partial charge in [-0.1, -0.05) is 12.1 Å². The molecule has 2 N–H and O–H groups in total. The van der Waals surface area contributed by atoms with Gasteiger partial charge in [0.05, 0.1) is 0 Å². The SMILES string of the molecule is O=C(O)C(Nc1ccc(F)cc1)c1ccc(F)cc1. The molecule has 1 unspecified atom stereocenters. The van der Waals surface area contributed by atoms with Crippen LogP contribution in [0.2, 0.25) is 0 Å². The number of benzene rings is 2. The van der Waals surface area contributed by atoms with E-state index in [-0.39, 0.29) is 0 Å². The molecular weight excluding hydrogens is 252 g/mol. The molecule has 19 heavy (non-hydrogen) atoms. The number of carboxylic acid groups (broad SMARTS) is 1. The van der Waals surface area contributed by atoms with E-state index in [0.29, 0.717) is 11.3 Å². The maximum Gasteiger partial charge on any atom is 0.330 e. The lowest BCUT2D eigenvalue weighted by Crippen LogP contribution is -2.20. The van der Waals surface area contributed by atoms with Gasteiger partial charge in [0, 0.05) is 5.69 Å². The second-order valence-electron chi connectivity index (χ2n) is 3.97. The van der Waals surface area contributed by atoms with Gasteiger partial charge in [-0.2, -0.15) is 0 Å². The second-order valence-corrected chi connectivity index (χ2v) is 3.97. The Balaban J connectivity index is 2.23. The first kappa shape index (κ1) is 13.0. The fourth-order valence-electron chi connectivity index (χ4n) is 1.66. The van der Waals surface area contributed by atoms with Crippen LogP contribution in [0.15, 0.2) is 48.5 Å². The molecule has 2 rings (SSSR count). The number of hydrogen-bond acceptors (Lipinski definition) is 2. The molecule has 98 valence electrons. The number of aliphatic carboxylic acids is 1.